The zero-order valence-corrected chi connectivity index (χ0v) is 14.8. The molecule has 0 saturated carbocycles. The van der Waals surface area contributed by atoms with E-state index in [9.17, 15) is 22.8 Å². The van der Waals surface area contributed by atoms with Gasteiger partial charge in [-0.3, -0.25) is 9.59 Å². The molecule has 3 aromatic rings. The molecule has 0 saturated heterocycles. The Hall–Kier alpha value is -3.48. The van der Waals surface area contributed by atoms with E-state index in [4.69, 9.17) is 0 Å². The third-order valence-electron chi connectivity index (χ3n) is 4.27. The van der Waals surface area contributed by atoms with Gasteiger partial charge in [0.25, 0.3) is 5.91 Å². The van der Waals surface area contributed by atoms with Crippen molar-refractivity contribution in [2.24, 2.45) is 0 Å². The molecule has 0 spiro atoms. The summed E-state index contributed by atoms with van der Waals surface area (Å²) in [5.41, 5.74) is 0.536. The van der Waals surface area contributed by atoms with E-state index >= 15 is 0 Å². The van der Waals surface area contributed by atoms with Crippen LogP contribution in [-0.2, 0) is 4.79 Å². The van der Waals surface area contributed by atoms with E-state index in [1.807, 2.05) is 6.07 Å². The standard InChI is InChI=1S/C21H15F3N2O2/c1-13(21(28)25-17-8-7-16(22)18(23)19(17)24)26-11-9-15(10-12-26)20(27)14-5-3-2-4-6-14/h2-13H,1H3/p+1/t13-/m1/s1. The van der Waals surface area contributed by atoms with Crippen LogP contribution in [0.4, 0.5) is 18.9 Å². The molecule has 1 aromatic heterocycles. The molecule has 0 aliphatic heterocycles. The summed E-state index contributed by atoms with van der Waals surface area (Å²) in [6.07, 6.45) is 3.09. The summed E-state index contributed by atoms with van der Waals surface area (Å²) in [4.78, 5) is 24.7. The van der Waals surface area contributed by atoms with E-state index in [1.54, 1.807) is 55.7 Å². The molecule has 7 heteroatoms. The van der Waals surface area contributed by atoms with Crippen LogP contribution in [0.1, 0.15) is 28.9 Å². The van der Waals surface area contributed by atoms with Crippen molar-refractivity contribution in [1.82, 2.24) is 0 Å². The predicted molar refractivity (Wildman–Crippen MR) is 96.2 cm³/mol. The van der Waals surface area contributed by atoms with Crippen LogP contribution >= 0.6 is 0 Å². The number of benzene rings is 2. The summed E-state index contributed by atoms with van der Waals surface area (Å²) >= 11 is 0. The second kappa shape index (κ2) is 8.04. The van der Waals surface area contributed by atoms with Crippen molar-refractivity contribution in [3.05, 3.63) is 95.6 Å². The molecule has 2 aromatic carbocycles. The maximum atomic E-state index is 13.7. The number of carbonyl (C=O) groups is 2. The number of nitrogens with zero attached hydrogens (tertiary/aromatic N) is 1. The molecule has 0 unspecified atom stereocenters. The van der Waals surface area contributed by atoms with Crippen molar-refractivity contribution in [2.45, 2.75) is 13.0 Å². The number of aromatic nitrogens is 1. The van der Waals surface area contributed by atoms with Crippen LogP contribution in [-0.4, -0.2) is 11.7 Å². The Morgan fingerprint density at radius 3 is 2.11 bits per heavy atom. The Labute approximate surface area is 159 Å². The van der Waals surface area contributed by atoms with Crippen molar-refractivity contribution in [2.75, 3.05) is 5.32 Å². The molecule has 28 heavy (non-hydrogen) atoms. The highest BCUT2D eigenvalue weighted by molar-refractivity contribution is 6.08. The average molecular weight is 385 g/mol. The van der Waals surface area contributed by atoms with Crippen molar-refractivity contribution in [3.63, 3.8) is 0 Å². The van der Waals surface area contributed by atoms with E-state index in [2.05, 4.69) is 5.32 Å². The summed E-state index contributed by atoms with van der Waals surface area (Å²) in [6, 6.07) is 12.8. The fourth-order valence-electron chi connectivity index (χ4n) is 2.60. The van der Waals surface area contributed by atoms with Crippen LogP contribution in [0.5, 0.6) is 0 Å². The van der Waals surface area contributed by atoms with E-state index in [0.717, 1.165) is 12.1 Å². The lowest BCUT2D eigenvalue weighted by molar-refractivity contribution is -0.705. The summed E-state index contributed by atoms with van der Waals surface area (Å²) in [7, 11) is 0. The van der Waals surface area contributed by atoms with Crippen LogP contribution in [0.2, 0.25) is 0 Å². The SMILES string of the molecule is C[C@H](C(=O)Nc1ccc(F)c(F)c1F)[n+]1ccc(C(=O)c2ccccc2)cc1. The van der Waals surface area contributed by atoms with Crippen molar-refractivity contribution in [1.29, 1.82) is 0 Å². The third kappa shape index (κ3) is 3.93. The highest BCUT2D eigenvalue weighted by Crippen LogP contribution is 2.20. The molecule has 1 amide bonds. The first-order valence-corrected chi connectivity index (χ1v) is 8.43. The number of nitrogens with one attached hydrogen (secondary N) is 1. The molecule has 0 aliphatic rings. The largest absolute Gasteiger partial charge is 0.318 e. The zero-order chi connectivity index (χ0) is 20.3. The number of anilines is 1. The van der Waals surface area contributed by atoms with E-state index in [0.29, 0.717) is 11.1 Å². The number of halogens is 3. The number of ketones is 1. The first kappa shape index (κ1) is 19.3. The molecular weight excluding hydrogens is 369 g/mol. The van der Waals surface area contributed by atoms with Gasteiger partial charge >= 0.3 is 0 Å². The van der Waals surface area contributed by atoms with Gasteiger partial charge in [-0.25, -0.2) is 13.2 Å². The highest BCUT2D eigenvalue weighted by Gasteiger charge is 2.24. The minimum Gasteiger partial charge on any atom is -0.318 e. The lowest BCUT2D eigenvalue weighted by Gasteiger charge is -2.10. The number of hydrogen-bond donors (Lipinski definition) is 1. The first-order chi connectivity index (χ1) is 13.4. The molecule has 0 aliphatic carbocycles. The second-order valence-corrected chi connectivity index (χ2v) is 6.12. The van der Waals surface area contributed by atoms with Gasteiger partial charge in [0.1, 0.15) is 0 Å². The van der Waals surface area contributed by atoms with Gasteiger partial charge in [0.2, 0.25) is 6.04 Å². The number of amides is 1. The molecule has 0 fully saturated rings. The number of hydrogen-bond acceptors (Lipinski definition) is 2. The summed E-state index contributed by atoms with van der Waals surface area (Å²) < 4.78 is 41.5. The van der Waals surface area contributed by atoms with Gasteiger partial charge < -0.3 is 5.32 Å². The molecule has 1 atom stereocenters. The molecule has 142 valence electrons. The maximum Gasteiger partial charge on any atom is 0.293 e. The minimum atomic E-state index is -1.65. The molecule has 0 radical (unpaired) electrons. The highest BCUT2D eigenvalue weighted by atomic mass is 19.2. The average Bonchev–Trinajstić information content (AvgIpc) is 2.73. The first-order valence-electron chi connectivity index (χ1n) is 8.43. The fraction of sp³-hybridized carbons (Fsp3) is 0.0952. The van der Waals surface area contributed by atoms with Gasteiger partial charge in [-0.2, -0.15) is 4.57 Å². The Balaban J connectivity index is 1.74. The van der Waals surface area contributed by atoms with Crippen LogP contribution < -0.4 is 9.88 Å². The molecule has 3 rings (SSSR count). The van der Waals surface area contributed by atoms with Gasteiger partial charge in [0, 0.05) is 30.2 Å². The Bertz CT molecular complexity index is 1020. The third-order valence-corrected chi connectivity index (χ3v) is 4.27. The number of pyridine rings is 1. The van der Waals surface area contributed by atoms with E-state index in [-0.39, 0.29) is 5.78 Å². The van der Waals surface area contributed by atoms with Gasteiger partial charge in [-0.05, 0) is 12.1 Å². The Morgan fingerprint density at radius 1 is 0.857 bits per heavy atom. The molecule has 1 N–H and O–H groups in total. The topological polar surface area (TPSA) is 50.1 Å². The molecule has 1 heterocycles. The Kier molecular flexibility index (Phi) is 5.54. The lowest BCUT2D eigenvalue weighted by atomic mass is 10.0. The van der Waals surface area contributed by atoms with Crippen LogP contribution in [0.15, 0.2) is 67.0 Å². The normalized spacial score (nSPS) is 11.7. The van der Waals surface area contributed by atoms with E-state index in [1.165, 1.54) is 4.57 Å². The van der Waals surface area contributed by atoms with Crippen LogP contribution in [0.3, 0.4) is 0 Å². The van der Waals surface area contributed by atoms with Gasteiger partial charge in [0.15, 0.2) is 35.6 Å². The number of rotatable bonds is 5. The smallest absolute Gasteiger partial charge is 0.293 e. The lowest BCUT2D eigenvalue weighted by Crippen LogP contribution is -2.44. The zero-order valence-electron chi connectivity index (χ0n) is 14.8. The van der Waals surface area contributed by atoms with E-state index < -0.39 is 35.1 Å². The van der Waals surface area contributed by atoms with Gasteiger partial charge in [0.05, 0.1) is 5.69 Å². The van der Waals surface area contributed by atoms with Crippen molar-refractivity contribution >= 4 is 17.4 Å². The van der Waals surface area contributed by atoms with Crippen LogP contribution in [0, 0.1) is 17.5 Å². The van der Waals surface area contributed by atoms with Crippen molar-refractivity contribution < 1.29 is 27.3 Å². The molecular formula is C21H16F3N2O2+. The summed E-state index contributed by atoms with van der Waals surface area (Å²) in [5, 5.41) is 2.23. The second-order valence-electron chi connectivity index (χ2n) is 6.12. The summed E-state index contributed by atoms with van der Waals surface area (Å²) in [5.74, 6) is -5.24. The molecule has 4 nitrogen and oxygen atoms in total. The number of carbonyl (C=O) groups excluding carboxylic acids is 2. The molecule has 0 bridgehead atoms. The minimum absolute atomic E-state index is 0.159. The fourth-order valence-corrected chi connectivity index (χ4v) is 2.60. The quantitative estimate of drug-likeness (QED) is 0.412. The van der Waals surface area contributed by atoms with Crippen LogP contribution in [0.25, 0.3) is 0 Å². The monoisotopic (exact) mass is 385 g/mol. The predicted octanol–water partition coefficient (Wildman–Crippen LogP) is 3.82. The van der Waals surface area contributed by atoms with Gasteiger partial charge in [-0.15, -0.1) is 0 Å². The summed E-state index contributed by atoms with van der Waals surface area (Å²) in [6.45, 7) is 1.55. The van der Waals surface area contributed by atoms with Crippen molar-refractivity contribution in [3.8, 4) is 0 Å². The Morgan fingerprint density at radius 2 is 1.46 bits per heavy atom. The van der Waals surface area contributed by atoms with Gasteiger partial charge in [-0.1, -0.05) is 30.3 Å². The maximum absolute atomic E-state index is 13.7.